The summed E-state index contributed by atoms with van der Waals surface area (Å²) in [5, 5.41) is 11.9. The molecule has 1 aliphatic rings. The van der Waals surface area contributed by atoms with Gasteiger partial charge >= 0.3 is 5.97 Å². The Bertz CT molecular complexity index is 1050. The zero-order valence-corrected chi connectivity index (χ0v) is 16.6. The van der Waals surface area contributed by atoms with Crippen LogP contribution in [0.15, 0.2) is 48.5 Å². The molecule has 1 N–H and O–H groups in total. The number of carbonyl (C=O) groups excluding carboxylic acids is 4. The number of ether oxygens (including phenoxy) is 1. The first-order valence-electron chi connectivity index (χ1n) is 9.37. The monoisotopic (exact) mass is 425 g/mol. The van der Waals surface area contributed by atoms with Crippen LogP contribution in [-0.2, 0) is 14.3 Å². The summed E-state index contributed by atoms with van der Waals surface area (Å²) < 4.78 is 4.99. The Labute approximate surface area is 176 Å². The number of non-ortho nitro benzene ring substituents is 1. The van der Waals surface area contributed by atoms with E-state index in [1.165, 1.54) is 18.2 Å². The van der Waals surface area contributed by atoms with E-state index in [0.29, 0.717) is 5.56 Å². The molecule has 1 aliphatic heterocycles. The van der Waals surface area contributed by atoms with Gasteiger partial charge in [0.1, 0.15) is 0 Å². The number of carbonyl (C=O) groups is 4. The van der Waals surface area contributed by atoms with Crippen LogP contribution in [0.1, 0.15) is 32.7 Å². The van der Waals surface area contributed by atoms with Gasteiger partial charge in [0.25, 0.3) is 11.6 Å². The average molecular weight is 425 g/mol. The van der Waals surface area contributed by atoms with Crippen molar-refractivity contribution in [2.45, 2.75) is 13.3 Å². The lowest BCUT2D eigenvalue weighted by Gasteiger charge is -2.17. The second-order valence-corrected chi connectivity index (χ2v) is 7.05. The maximum absolute atomic E-state index is 12.3. The third-order valence-corrected chi connectivity index (χ3v) is 4.73. The highest BCUT2D eigenvalue weighted by Crippen LogP contribution is 2.19. The smallest absolute Gasteiger partial charge is 0.311 e. The van der Waals surface area contributed by atoms with E-state index in [2.05, 4.69) is 5.43 Å². The van der Waals surface area contributed by atoms with E-state index in [0.717, 1.165) is 16.6 Å². The number of amides is 2. The minimum absolute atomic E-state index is 0.0384. The Morgan fingerprint density at radius 2 is 1.87 bits per heavy atom. The first-order chi connectivity index (χ1) is 14.7. The van der Waals surface area contributed by atoms with Crippen molar-refractivity contribution in [2.75, 3.05) is 13.2 Å². The zero-order valence-electron chi connectivity index (χ0n) is 16.6. The van der Waals surface area contributed by atoms with Crippen molar-refractivity contribution in [2.24, 2.45) is 5.92 Å². The molecule has 0 spiro atoms. The van der Waals surface area contributed by atoms with Gasteiger partial charge in [0.15, 0.2) is 6.61 Å². The van der Waals surface area contributed by atoms with Gasteiger partial charge in [0.05, 0.1) is 17.4 Å². The van der Waals surface area contributed by atoms with Crippen molar-refractivity contribution in [1.29, 1.82) is 0 Å². The minimum Gasteiger partial charge on any atom is -0.457 e. The quantitative estimate of drug-likeness (QED) is 0.309. The number of rotatable bonds is 7. The van der Waals surface area contributed by atoms with E-state index in [9.17, 15) is 29.3 Å². The second-order valence-electron chi connectivity index (χ2n) is 7.05. The maximum atomic E-state index is 12.3. The molecule has 0 aromatic heterocycles. The number of nitrogens with zero attached hydrogens (tertiary/aromatic N) is 2. The topological polar surface area (TPSA) is 136 Å². The molecule has 1 atom stereocenters. The first kappa shape index (κ1) is 21.6. The molecule has 0 radical (unpaired) electrons. The van der Waals surface area contributed by atoms with Crippen LogP contribution in [-0.4, -0.2) is 46.7 Å². The molecule has 1 fully saturated rings. The predicted molar refractivity (Wildman–Crippen MR) is 107 cm³/mol. The third-order valence-electron chi connectivity index (χ3n) is 4.73. The van der Waals surface area contributed by atoms with Crippen molar-refractivity contribution in [3.8, 4) is 0 Å². The van der Waals surface area contributed by atoms with Crippen LogP contribution in [0.4, 0.5) is 5.69 Å². The Morgan fingerprint density at radius 1 is 1.16 bits per heavy atom. The Kier molecular flexibility index (Phi) is 6.39. The fraction of sp³-hybridized carbons (Fsp3) is 0.238. The summed E-state index contributed by atoms with van der Waals surface area (Å²) in [6, 6.07) is 11.8. The molecule has 160 valence electrons. The highest BCUT2D eigenvalue weighted by Gasteiger charge is 2.36. The Morgan fingerprint density at radius 3 is 2.55 bits per heavy atom. The van der Waals surface area contributed by atoms with Crippen molar-refractivity contribution in [1.82, 2.24) is 10.4 Å². The molecule has 1 heterocycles. The molecule has 10 heteroatoms. The lowest BCUT2D eigenvalue weighted by atomic mass is 10.1. The number of Topliss-reactive ketones (excluding diaryl/α,β-unsaturated/α-hetero) is 1. The van der Waals surface area contributed by atoms with Crippen LogP contribution in [0, 0.1) is 23.0 Å². The number of nitro groups is 1. The van der Waals surface area contributed by atoms with Crippen molar-refractivity contribution in [3.05, 3.63) is 75.3 Å². The lowest BCUT2D eigenvalue weighted by molar-refractivity contribution is -0.384. The number of aryl methyl sites for hydroxylation is 1. The largest absolute Gasteiger partial charge is 0.457 e. The maximum Gasteiger partial charge on any atom is 0.311 e. The van der Waals surface area contributed by atoms with E-state index < -0.39 is 41.0 Å². The number of nitrogens with one attached hydrogen (secondary N) is 1. The SMILES string of the molecule is Cc1ccc(C(=O)NN2CC(C(=O)OCC(=O)c3cccc([N+](=O)[O-])c3)CC2=O)cc1. The number of hydrogen-bond acceptors (Lipinski definition) is 7. The number of hydrazine groups is 1. The highest BCUT2D eigenvalue weighted by atomic mass is 16.6. The summed E-state index contributed by atoms with van der Waals surface area (Å²) in [5.74, 6) is -3.15. The number of ketones is 1. The van der Waals surface area contributed by atoms with Crippen LogP contribution in [0.2, 0.25) is 0 Å². The molecule has 1 unspecified atom stereocenters. The van der Waals surface area contributed by atoms with Gasteiger partial charge in [-0.3, -0.25) is 39.7 Å². The molecule has 10 nitrogen and oxygen atoms in total. The van der Waals surface area contributed by atoms with Crippen LogP contribution in [0.25, 0.3) is 0 Å². The number of esters is 1. The van der Waals surface area contributed by atoms with Crippen LogP contribution >= 0.6 is 0 Å². The number of hydrogen-bond donors (Lipinski definition) is 1. The molecule has 2 amide bonds. The van der Waals surface area contributed by atoms with Gasteiger partial charge in [-0.05, 0) is 19.1 Å². The zero-order chi connectivity index (χ0) is 22.5. The highest BCUT2D eigenvalue weighted by molar-refractivity contribution is 5.99. The lowest BCUT2D eigenvalue weighted by Crippen LogP contribution is -2.43. The van der Waals surface area contributed by atoms with E-state index in [1.54, 1.807) is 24.3 Å². The summed E-state index contributed by atoms with van der Waals surface area (Å²) in [6.45, 7) is 1.19. The van der Waals surface area contributed by atoms with Crippen molar-refractivity contribution in [3.63, 3.8) is 0 Å². The third kappa shape index (κ3) is 5.30. The molecule has 2 aromatic carbocycles. The number of nitro benzene ring substituents is 1. The van der Waals surface area contributed by atoms with Gasteiger partial charge in [-0.15, -0.1) is 0 Å². The van der Waals surface area contributed by atoms with Gasteiger partial charge < -0.3 is 4.74 Å². The summed E-state index contributed by atoms with van der Waals surface area (Å²) in [4.78, 5) is 59.0. The summed E-state index contributed by atoms with van der Waals surface area (Å²) in [7, 11) is 0. The normalized spacial score (nSPS) is 15.5. The number of benzene rings is 2. The molecule has 2 aromatic rings. The van der Waals surface area contributed by atoms with Gasteiger partial charge in [-0.25, -0.2) is 0 Å². The predicted octanol–water partition coefficient (Wildman–Crippen LogP) is 1.82. The molecule has 0 aliphatic carbocycles. The Balaban J connectivity index is 1.53. The van der Waals surface area contributed by atoms with Crippen LogP contribution < -0.4 is 5.43 Å². The summed E-state index contributed by atoms with van der Waals surface area (Å²) in [5.41, 5.74) is 3.60. The fourth-order valence-corrected chi connectivity index (χ4v) is 3.00. The molecule has 3 rings (SSSR count). The van der Waals surface area contributed by atoms with Gasteiger partial charge in [-0.1, -0.05) is 29.8 Å². The molecule has 0 bridgehead atoms. The molecular weight excluding hydrogens is 406 g/mol. The van der Waals surface area contributed by atoms with Gasteiger partial charge in [-0.2, -0.15) is 0 Å². The second kappa shape index (κ2) is 9.16. The first-order valence-corrected chi connectivity index (χ1v) is 9.37. The van der Waals surface area contributed by atoms with Gasteiger partial charge in [0, 0.05) is 29.7 Å². The summed E-state index contributed by atoms with van der Waals surface area (Å²) in [6.07, 6.45) is -0.169. The van der Waals surface area contributed by atoms with Gasteiger partial charge in [0.2, 0.25) is 11.7 Å². The minimum atomic E-state index is -0.844. The summed E-state index contributed by atoms with van der Waals surface area (Å²) >= 11 is 0. The molecule has 1 saturated heterocycles. The van der Waals surface area contributed by atoms with Crippen molar-refractivity contribution < 1.29 is 28.8 Å². The average Bonchev–Trinajstić information content (AvgIpc) is 3.12. The molecule has 0 saturated carbocycles. The van der Waals surface area contributed by atoms with Crippen LogP contribution in [0.3, 0.4) is 0 Å². The van der Waals surface area contributed by atoms with Crippen LogP contribution in [0.5, 0.6) is 0 Å². The van der Waals surface area contributed by atoms with E-state index in [-0.39, 0.29) is 24.2 Å². The molecular formula is C21H19N3O7. The van der Waals surface area contributed by atoms with E-state index in [1.807, 2.05) is 6.92 Å². The fourth-order valence-electron chi connectivity index (χ4n) is 3.00. The standard InChI is InChI=1S/C21H19N3O7/c1-13-5-7-14(8-6-13)20(27)22-23-11-16(10-19(23)26)21(28)31-12-18(25)15-3-2-4-17(9-15)24(29)30/h2-9,16H,10-12H2,1H3,(H,22,27). The van der Waals surface area contributed by atoms with E-state index >= 15 is 0 Å². The molecule has 31 heavy (non-hydrogen) atoms. The Hall–Kier alpha value is -4.08. The van der Waals surface area contributed by atoms with E-state index in [4.69, 9.17) is 4.74 Å². The van der Waals surface area contributed by atoms with Crippen molar-refractivity contribution >= 4 is 29.3 Å².